The van der Waals surface area contributed by atoms with Gasteiger partial charge < -0.3 is 4.74 Å². The lowest BCUT2D eigenvalue weighted by Crippen LogP contribution is -2.34. The fraction of sp³-hybridized carbons (Fsp3) is 0.500. The second-order valence-corrected chi connectivity index (χ2v) is 4.48. The Labute approximate surface area is 104 Å². The van der Waals surface area contributed by atoms with Gasteiger partial charge in [0.25, 0.3) is 5.69 Å². The minimum Gasteiger partial charge on any atom is -0.369 e. The van der Waals surface area contributed by atoms with Crippen molar-refractivity contribution in [2.45, 2.75) is 32.5 Å². The largest absolute Gasteiger partial charge is 0.369 e. The molecule has 2 rings (SSSR count). The van der Waals surface area contributed by atoms with E-state index in [0.29, 0.717) is 5.56 Å². The van der Waals surface area contributed by atoms with Crippen molar-refractivity contribution in [3.63, 3.8) is 0 Å². The van der Waals surface area contributed by atoms with Gasteiger partial charge in [-0.15, -0.1) is 0 Å². The van der Waals surface area contributed by atoms with Crippen LogP contribution in [0.5, 0.6) is 0 Å². The maximum atomic E-state index is 11.8. The Morgan fingerprint density at radius 3 is 2.83 bits per heavy atom. The lowest BCUT2D eigenvalue weighted by Gasteiger charge is -2.31. The van der Waals surface area contributed by atoms with Crippen molar-refractivity contribution in [3.05, 3.63) is 34.1 Å². The van der Waals surface area contributed by atoms with Gasteiger partial charge in [0.2, 0.25) is 0 Å². The molecular formula is C12H14N2O4. The Morgan fingerprint density at radius 1 is 1.50 bits per heavy atom. The van der Waals surface area contributed by atoms with E-state index in [-0.39, 0.29) is 29.9 Å². The number of nitro groups is 1. The summed E-state index contributed by atoms with van der Waals surface area (Å²) in [6.45, 7) is 3.62. The molecular weight excluding hydrogens is 236 g/mol. The molecule has 6 heteroatoms. The van der Waals surface area contributed by atoms with Gasteiger partial charge in [0.05, 0.1) is 22.7 Å². The van der Waals surface area contributed by atoms with Crippen LogP contribution in [0.4, 0.5) is 5.69 Å². The monoisotopic (exact) mass is 250 g/mol. The summed E-state index contributed by atoms with van der Waals surface area (Å²) < 4.78 is 5.69. The topological polar surface area (TPSA) is 82.3 Å². The number of hydrogen-bond donors (Lipinski definition) is 0. The maximum absolute atomic E-state index is 11.8. The molecule has 0 N–H and O–H groups in total. The number of rotatable bonds is 2. The number of nitrogens with zero attached hydrogens (tertiary/aromatic N) is 2. The van der Waals surface area contributed by atoms with Gasteiger partial charge in [-0.1, -0.05) is 6.92 Å². The third-order valence-electron chi connectivity index (χ3n) is 3.35. The lowest BCUT2D eigenvalue weighted by molar-refractivity contribution is -0.386. The molecule has 3 atom stereocenters. The molecule has 6 nitrogen and oxygen atoms in total. The first-order valence-electron chi connectivity index (χ1n) is 5.77. The molecule has 1 aromatic rings. The van der Waals surface area contributed by atoms with Gasteiger partial charge in [-0.2, -0.15) is 0 Å². The normalized spacial score (nSPS) is 28.1. The summed E-state index contributed by atoms with van der Waals surface area (Å²) >= 11 is 0. The number of carbonyl (C=O) groups excluding carboxylic acids is 1. The number of pyridine rings is 1. The van der Waals surface area contributed by atoms with Gasteiger partial charge in [0.1, 0.15) is 12.0 Å². The van der Waals surface area contributed by atoms with E-state index in [1.165, 1.54) is 12.4 Å². The Kier molecular flexibility index (Phi) is 3.38. The zero-order chi connectivity index (χ0) is 13.3. The van der Waals surface area contributed by atoms with Crippen LogP contribution in [0.15, 0.2) is 18.5 Å². The van der Waals surface area contributed by atoms with Crippen molar-refractivity contribution in [2.75, 3.05) is 0 Å². The van der Waals surface area contributed by atoms with Crippen molar-refractivity contribution in [2.24, 2.45) is 5.92 Å². The van der Waals surface area contributed by atoms with Crippen molar-refractivity contribution in [1.29, 1.82) is 0 Å². The van der Waals surface area contributed by atoms with Crippen molar-refractivity contribution in [3.8, 4) is 0 Å². The maximum Gasteiger partial charge on any atom is 0.293 e. The molecule has 96 valence electrons. The van der Waals surface area contributed by atoms with E-state index in [4.69, 9.17) is 4.74 Å². The van der Waals surface area contributed by atoms with Crippen LogP contribution in [0.3, 0.4) is 0 Å². The molecule has 0 radical (unpaired) electrons. The summed E-state index contributed by atoms with van der Waals surface area (Å²) in [7, 11) is 0. The van der Waals surface area contributed by atoms with Gasteiger partial charge >= 0.3 is 0 Å². The van der Waals surface area contributed by atoms with Crippen molar-refractivity contribution < 1.29 is 14.5 Å². The van der Waals surface area contributed by atoms with E-state index < -0.39 is 11.0 Å². The summed E-state index contributed by atoms with van der Waals surface area (Å²) in [5.41, 5.74) is 0.319. The lowest BCUT2D eigenvalue weighted by atomic mass is 9.90. The Hall–Kier alpha value is -1.82. The summed E-state index contributed by atoms with van der Waals surface area (Å²) in [5.74, 6) is -0.0907. The molecule has 1 fully saturated rings. The van der Waals surface area contributed by atoms with Crippen LogP contribution >= 0.6 is 0 Å². The van der Waals surface area contributed by atoms with E-state index >= 15 is 0 Å². The second-order valence-electron chi connectivity index (χ2n) is 4.48. The molecule has 0 amide bonds. The molecule has 18 heavy (non-hydrogen) atoms. The Bertz CT molecular complexity index is 489. The second kappa shape index (κ2) is 4.81. The molecule has 0 bridgehead atoms. The van der Waals surface area contributed by atoms with Crippen LogP contribution in [-0.4, -0.2) is 21.8 Å². The van der Waals surface area contributed by atoms with E-state index in [0.717, 1.165) is 0 Å². The standard InChI is InChI=1S/C12H14N2O4/c1-7-8(2)18-12(5-11(7)15)9-3-4-13-6-10(9)14(16)17/h3-4,6-8,12H,5H2,1-2H3/t7-,8-,12-/m1/s1. The molecule has 1 aromatic heterocycles. The summed E-state index contributed by atoms with van der Waals surface area (Å²) in [6.07, 6.45) is 2.05. The minimum absolute atomic E-state index is 0.0739. The first-order valence-corrected chi connectivity index (χ1v) is 5.77. The highest BCUT2D eigenvalue weighted by Crippen LogP contribution is 2.35. The van der Waals surface area contributed by atoms with Gasteiger partial charge in [-0.3, -0.25) is 19.9 Å². The zero-order valence-electron chi connectivity index (χ0n) is 10.2. The highest BCUT2D eigenvalue weighted by molar-refractivity contribution is 5.82. The number of Topliss-reactive ketones (excluding diaryl/α,β-unsaturated/α-hetero) is 1. The molecule has 0 unspecified atom stereocenters. The highest BCUT2D eigenvalue weighted by Gasteiger charge is 2.35. The predicted octanol–water partition coefficient (Wildman–Crippen LogP) is 2.04. The van der Waals surface area contributed by atoms with Crippen LogP contribution in [0.2, 0.25) is 0 Å². The van der Waals surface area contributed by atoms with Gasteiger partial charge in [0, 0.05) is 18.5 Å². The van der Waals surface area contributed by atoms with Crippen LogP contribution in [0.25, 0.3) is 0 Å². The molecule has 0 aromatic carbocycles. The first-order chi connectivity index (χ1) is 8.50. The smallest absolute Gasteiger partial charge is 0.293 e. The summed E-state index contributed by atoms with van der Waals surface area (Å²) in [4.78, 5) is 26.0. The molecule has 1 aliphatic heterocycles. The third-order valence-corrected chi connectivity index (χ3v) is 3.35. The summed E-state index contributed by atoms with van der Waals surface area (Å²) in [6, 6.07) is 1.54. The molecule has 2 heterocycles. The van der Waals surface area contributed by atoms with Crippen molar-refractivity contribution in [1.82, 2.24) is 4.98 Å². The fourth-order valence-electron chi connectivity index (χ4n) is 2.06. The zero-order valence-corrected chi connectivity index (χ0v) is 10.2. The minimum atomic E-state index is -0.549. The molecule has 0 aliphatic carbocycles. The predicted molar refractivity (Wildman–Crippen MR) is 63.0 cm³/mol. The molecule has 1 saturated heterocycles. The number of aromatic nitrogens is 1. The van der Waals surface area contributed by atoms with Crippen LogP contribution in [-0.2, 0) is 9.53 Å². The Morgan fingerprint density at radius 2 is 2.22 bits per heavy atom. The van der Waals surface area contributed by atoms with Gasteiger partial charge in [-0.25, -0.2) is 0 Å². The third kappa shape index (κ3) is 2.24. The number of carbonyl (C=O) groups is 1. The van der Waals surface area contributed by atoms with Crippen molar-refractivity contribution >= 4 is 11.5 Å². The average molecular weight is 250 g/mol. The first kappa shape index (κ1) is 12.6. The van der Waals surface area contributed by atoms with E-state index in [1.54, 1.807) is 6.07 Å². The summed E-state index contributed by atoms with van der Waals surface area (Å²) in [5, 5.41) is 10.9. The average Bonchev–Trinajstić information content (AvgIpc) is 2.35. The number of ether oxygens (including phenoxy) is 1. The quantitative estimate of drug-likeness (QED) is 0.592. The number of ketones is 1. The molecule has 1 aliphatic rings. The van der Waals surface area contributed by atoms with Gasteiger partial charge in [0.15, 0.2) is 0 Å². The Balaban J connectivity index is 2.32. The van der Waals surface area contributed by atoms with E-state index in [1.807, 2.05) is 13.8 Å². The molecule has 0 spiro atoms. The SMILES string of the molecule is C[C@H]1O[C@@H](c2ccncc2[N+](=O)[O-])CC(=O)[C@@H]1C. The van der Waals surface area contributed by atoms with E-state index in [9.17, 15) is 14.9 Å². The van der Waals surface area contributed by atoms with E-state index in [2.05, 4.69) is 4.98 Å². The fourth-order valence-corrected chi connectivity index (χ4v) is 2.06. The van der Waals surface area contributed by atoms with Crippen LogP contribution in [0, 0.1) is 16.0 Å². The van der Waals surface area contributed by atoms with Crippen LogP contribution < -0.4 is 0 Å². The molecule has 0 saturated carbocycles. The highest BCUT2D eigenvalue weighted by atomic mass is 16.6. The number of hydrogen-bond acceptors (Lipinski definition) is 5. The van der Waals surface area contributed by atoms with Gasteiger partial charge in [-0.05, 0) is 13.0 Å². The van der Waals surface area contributed by atoms with Crippen LogP contribution in [0.1, 0.15) is 31.9 Å².